The van der Waals surface area contributed by atoms with Crippen molar-refractivity contribution in [3.8, 4) is 0 Å². The summed E-state index contributed by atoms with van der Waals surface area (Å²) in [5, 5.41) is 2.95. The van der Waals surface area contributed by atoms with Crippen LogP contribution in [-0.2, 0) is 10.0 Å². The molecule has 1 aliphatic rings. The van der Waals surface area contributed by atoms with Crippen LogP contribution in [0, 0.1) is 5.92 Å². The summed E-state index contributed by atoms with van der Waals surface area (Å²) in [6, 6.07) is 0. The standard InChI is InChI=1S/C13H22N4O2S/c1-3-11-5-7-17(8-6-11)20(18,19)12-9-15-13(14-4-2)16-10-12/h9-11H,3-8H2,1-2H3,(H,14,15,16). The maximum Gasteiger partial charge on any atom is 0.246 e. The zero-order chi connectivity index (χ0) is 14.6. The minimum atomic E-state index is -3.44. The normalized spacial score (nSPS) is 18.1. The molecular formula is C13H22N4O2S. The van der Waals surface area contributed by atoms with Crippen LogP contribution in [0.25, 0.3) is 0 Å². The molecule has 0 aromatic carbocycles. The molecule has 0 aliphatic carbocycles. The third-order valence-electron chi connectivity index (χ3n) is 3.75. The predicted octanol–water partition coefficient (Wildman–Crippen LogP) is 1.72. The maximum absolute atomic E-state index is 12.5. The van der Waals surface area contributed by atoms with E-state index >= 15 is 0 Å². The number of piperidine rings is 1. The van der Waals surface area contributed by atoms with Gasteiger partial charge in [0.1, 0.15) is 4.90 Å². The van der Waals surface area contributed by atoms with Gasteiger partial charge in [0, 0.05) is 19.6 Å². The number of hydrogen-bond acceptors (Lipinski definition) is 5. The van der Waals surface area contributed by atoms with Gasteiger partial charge in [-0.2, -0.15) is 4.31 Å². The highest BCUT2D eigenvalue weighted by Crippen LogP contribution is 2.24. The molecule has 7 heteroatoms. The Morgan fingerprint density at radius 1 is 1.25 bits per heavy atom. The summed E-state index contributed by atoms with van der Waals surface area (Å²) < 4.78 is 26.5. The molecule has 1 aliphatic heterocycles. The van der Waals surface area contributed by atoms with E-state index in [1.54, 1.807) is 4.31 Å². The third kappa shape index (κ3) is 3.27. The van der Waals surface area contributed by atoms with Gasteiger partial charge in [0.2, 0.25) is 16.0 Å². The van der Waals surface area contributed by atoms with E-state index < -0.39 is 10.0 Å². The molecule has 0 unspecified atom stereocenters. The summed E-state index contributed by atoms with van der Waals surface area (Å²) in [7, 11) is -3.44. The predicted molar refractivity (Wildman–Crippen MR) is 78.0 cm³/mol. The van der Waals surface area contributed by atoms with Gasteiger partial charge >= 0.3 is 0 Å². The lowest BCUT2D eigenvalue weighted by atomic mass is 9.96. The Morgan fingerprint density at radius 2 is 1.85 bits per heavy atom. The van der Waals surface area contributed by atoms with Crippen molar-refractivity contribution in [3.05, 3.63) is 12.4 Å². The van der Waals surface area contributed by atoms with E-state index in [1.807, 2.05) is 6.92 Å². The molecule has 0 amide bonds. The second-order valence-electron chi connectivity index (χ2n) is 5.03. The Balaban J connectivity index is 2.10. The monoisotopic (exact) mass is 298 g/mol. The summed E-state index contributed by atoms with van der Waals surface area (Å²) >= 11 is 0. The number of anilines is 1. The molecule has 6 nitrogen and oxygen atoms in total. The molecule has 2 heterocycles. The van der Waals surface area contributed by atoms with Gasteiger partial charge in [0.25, 0.3) is 0 Å². The highest BCUT2D eigenvalue weighted by atomic mass is 32.2. The van der Waals surface area contributed by atoms with Crippen LogP contribution in [0.5, 0.6) is 0 Å². The summed E-state index contributed by atoms with van der Waals surface area (Å²) in [5.74, 6) is 1.10. The molecule has 0 spiro atoms. The lowest BCUT2D eigenvalue weighted by Crippen LogP contribution is -2.38. The average molecular weight is 298 g/mol. The van der Waals surface area contributed by atoms with Crippen LogP contribution in [0.2, 0.25) is 0 Å². The number of nitrogens with zero attached hydrogens (tertiary/aromatic N) is 3. The van der Waals surface area contributed by atoms with Gasteiger partial charge < -0.3 is 5.32 Å². The fourth-order valence-corrected chi connectivity index (χ4v) is 3.77. The number of sulfonamides is 1. The smallest absolute Gasteiger partial charge is 0.246 e. The molecule has 0 saturated carbocycles. The fraction of sp³-hybridized carbons (Fsp3) is 0.692. The van der Waals surface area contributed by atoms with E-state index in [4.69, 9.17) is 0 Å². The van der Waals surface area contributed by atoms with Crippen molar-refractivity contribution in [2.45, 2.75) is 38.0 Å². The average Bonchev–Trinajstić information content (AvgIpc) is 2.48. The number of aromatic nitrogens is 2. The van der Waals surface area contributed by atoms with Gasteiger partial charge in [-0.25, -0.2) is 18.4 Å². The summed E-state index contributed by atoms with van der Waals surface area (Å²) in [6.45, 7) is 5.98. The van der Waals surface area contributed by atoms with Crippen molar-refractivity contribution < 1.29 is 8.42 Å². The Morgan fingerprint density at radius 3 is 2.35 bits per heavy atom. The summed E-state index contributed by atoms with van der Waals surface area (Å²) in [5.41, 5.74) is 0. The first kappa shape index (κ1) is 15.2. The van der Waals surface area contributed by atoms with Gasteiger partial charge in [0.15, 0.2) is 0 Å². The SMILES string of the molecule is CCNc1ncc(S(=O)(=O)N2CCC(CC)CC2)cn1. The van der Waals surface area contributed by atoms with Crippen LogP contribution >= 0.6 is 0 Å². The molecule has 112 valence electrons. The topological polar surface area (TPSA) is 75.2 Å². The highest BCUT2D eigenvalue weighted by Gasteiger charge is 2.29. The second kappa shape index (κ2) is 6.49. The van der Waals surface area contributed by atoms with Crippen LogP contribution in [0.15, 0.2) is 17.3 Å². The quantitative estimate of drug-likeness (QED) is 0.896. The highest BCUT2D eigenvalue weighted by molar-refractivity contribution is 7.89. The molecule has 1 aromatic rings. The molecule has 1 aromatic heterocycles. The number of hydrogen-bond donors (Lipinski definition) is 1. The Labute approximate surface area is 120 Å². The van der Waals surface area contributed by atoms with E-state index in [-0.39, 0.29) is 4.90 Å². The molecule has 20 heavy (non-hydrogen) atoms. The van der Waals surface area contributed by atoms with Gasteiger partial charge in [-0.15, -0.1) is 0 Å². The first-order valence-corrected chi connectivity index (χ1v) is 8.58. The molecule has 0 bridgehead atoms. The van der Waals surface area contributed by atoms with Crippen LogP contribution in [-0.4, -0.2) is 42.3 Å². The first-order chi connectivity index (χ1) is 9.57. The van der Waals surface area contributed by atoms with Gasteiger partial charge in [-0.3, -0.25) is 0 Å². The Hall–Kier alpha value is -1.21. The van der Waals surface area contributed by atoms with Gasteiger partial charge in [-0.1, -0.05) is 13.3 Å². The van der Waals surface area contributed by atoms with Gasteiger partial charge in [-0.05, 0) is 25.7 Å². The van der Waals surface area contributed by atoms with Crippen molar-refractivity contribution in [1.82, 2.24) is 14.3 Å². The molecule has 0 radical (unpaired) electrons. The van der Waals surface area contributed by atoms with E-state index in [2.05, 4.69) is 22.2 Å². The lowest BCUT2D eigenvalue weighted by Gasteiger charge is -2.30. The zero-order valence-electron chi connectivity index (χ0n) is 12.0. The fourth-order valence-electron chi connectivity index (χ4n) is 2.41. The van der Waals surface area contributed by atoms with Gasteiger partial charge in [0.05, 0.1) is 12.4 Å². The minimum Gasteiger partial charge on any atom is -0.355 e. The van der Waals surface area contributed by atoms with Crippen molar-refractivity contribution >= 4 is 16.0 Å². The second-order valence-corrected chi connectivity index (χ2v) is 6.97. The minimum absolute atomic E-state index is 0.175. The molecule has 1 saturated heterocycles. The first-order valence-electron chi connectivity index (χ1n) is 7.14. The Bertz CT molecular complexity index is 522. The number of nitrogens with one attached hydrogen (secondary N) is 1. The summed E-state index contributed by atoms with van der Waals surface area (Å²) in [4.78, 5) is 8.24. The molecular weight excluding hydrogens is 276 g/mol. The zero-order valence-corrected chi connectivity index (χ0v) is 12.9. The van der Waals surface area contributed by atoms with Crippen molar-refractivity contribution in [2.24, 2.45) is 5.92 Å². The van der Waals surface area contributed by atoms with Crippen molar-refractivity contribution in [2.75, 3.05) is 25.0 Å². The van der Waals surface area contributed by atoms with Crippen LogP contribution in [0.1, 0.15) is 33.1 Å². The van der Waals surface area contributed by atoms with E-state index in [0.29, 0.717) is 31.5 Å². The molecule has 1 fully saturated rings. The van der Waals surface area contributed by atoms with Crippen molar-refractivity contribution in [3.63, 3.8) is 0 Å². The van der Waals surface area contributed by atoms with Crippen molar-refractivity contribution in [1.29, 1.82) is 0 Å². The van der Waals surface area contributed by atoms with Crippen LogP contribution < -0.4 is 5.32 Å². The largest absolute Gasteiger partial charge is 0.355 e. The summed E-state index contributed by atoms with van der Waals surface area (Å²) in [6.07, 6.45) is 5.75. The Kier molecular flexibility index (Phi) is 4.93. The van der Waals surface area contributed by atoms with E-state index in [1.165, 1.54) is 12.4 Å². The van der Waals surface area contributed by atoms with E-state index in [9.17, 15) is 8.42 Å². The van der Waals surface area contributed by atoms with E-state index in [0.717, 1.165) is 19.3 Å². The molecule has 0 atom stereocenters. The third-order valence-corrected chi connectivity index (χ3v) is 5.60. The maximum atomic E-state index is 12.5. The number of rotatable bonds is 5. The van der Waals surface area contributed by atoms with Crippen LogP contribution in [0.3, 0.4) is 0 Å². The molecule has 2 rings (SSSR count). The lowest BCUT2D eigenvalue weighted by molar-refractivity contribution is 0.269. The van der Waals surface area contributed by atoms with Crippen LogP contribution in [0.4, 0.5) is 5.95 Å². The molecule has 1 N–H and O–H groups in total.